The normalized spacial score (nSPS) is 16.9. The molecule has 1 fully saturated rings. The number of nitro groups is 1. The number of imide groups is 1. The summed E-state index contributed by atoms with van der Waals surface area (Å²) in [7, 11) is 1.09. The number of nitrogens with zero attached hydrogens (tertiary/aromatic N) is 4. The Labute approximate surface area is 204 Å². The number of urea groups is 1. The van der Waals surface area contributed by atoms with Crippen LogP contribution in [0.2, 0.25) is 0 Å². The van der Waals surface area contributed by atoms with Crippen LogP contribution in [0.15, 0.2) is 53.5 Å². The van der Waals surface area contributed by atoms with Crippen LogP contribution < -0.4 is 10.2 Å². The number of carbonyl (C=O) groups is 2. The van der Waals surface area contributed by atoms with Crippen molar-refractivity contribution in [2.45, 2.75) is 16.1 Å². The van der Waals surface area contributed by atoms with Gasteiger partial charge in [-0.25, -0.2) is 14.7 Å². The fraction of sp³-hybridized carbons (Fsp3) is 0.211. The molecule has 1 N–H and O–H groups in total. The first-order valence-corrected chi connectivity index (χ1v) is 10.3. The molecule has 1 atom stereocenters. The van der Waals surface area contributed by atoms with Gasteiger partial charge in [0.15, 0.2) is 6.17 Å². The van der Waals surface area contributed by atoms with Crippen molar-refractivity contribution < 1.29 is 27.7 Å². The standard InChI is InChI=1S/C19H13Cl3F3N5O4/c1-28-15(31)14(29(17(28)32)11-6-4-5-10(9-11)19(23,24)25)27-16(18(20,21)22)26-12-7-2-3-8-13(12)30(33)34/h2-9,16,26H,1H3. The van der Waals surface area contributed by atoms with Crippen molar-refractivity contribution in [2.24, 2.45) is 4.99 Å². The average Bonchev–Trinajstić information content (AvgIpc) is 2.96. The molecular weight excluding hydrogens is 526 g/mol. The van der Waals surface area contributed by atoms with Crippen molar-refractivity contribution in [3.63, 3.8) is 0 Å². The maximum atomic E-state index is 13.2. The number of benzene rings is 2. The van der Waals surface area contributed by atoms with Crippen molar-refractivity contribution >= 4 is 69.6 Å². The third kappa shape index (κ3) is 5.18. The van der Waals surface area contributed by atoms with Crippen molar-refractivity contribution in [1.82, 2.24) is 4.90 Å². The smallest absolute Gasteiger partial charge is 0.355 e. The van der Waals surface area contributed by atoms with E-state index in [-0.39, 0.29) is 11.4 Å². The summed E-state index contributed by atoms with van der Waals surface area (Å²) in [5.74, 6) is -1.65. The van der Waals surface area contributed by atoms with Gasteiger partial charge in [-0.15, -0.1) is 0 Å². The lowest BCUT2D eigenvalue weighted by molar-refractivity contribution is -0.384. The second-order valence-corrected chi connectivity index (χ2v) is 9.21. The van der Waals surface area contributed by atoms with E-state index >= 15 is 0 Å². The van der Waals surface area contributed by atoms with Gasteiger partial charge in [0.2, 0.25) is 9.63 Å². The lowest BCUT2D eigenvalue weighted by Crippen LogP contribution is -2.38. The lowest BCUT2D eigenvalue weighted by atomic mass is 10.2. The monoisotopic (exact) mass is 537 g/mol. The Bertz CT molecular complexity index is 1190. The van der Waals surface area contributed by atoms with Crippen molar-refractivity contribution in [2.75, 3.05) is 17.3 Å². The molecule has 0 aliphatic carbocycles. The molecule has 180 valence electrons. The highest BCUT2D eigenvalue weighted by Gasteiger charge is 2.44. The Kier molecular flexibility index (Phi) is 6.97. The molecule has 15 heteroatoms. The van der Waals surface area contributed by atoms with Crippen LogP contribution in [0.4, 0.5) is 35.0 Å². The van der Waals surface area contributed by atoms with Gasteiger partial charge in [0, 0.05) is 13.1 Å². The molecule has 0 bridgehead atoms. The molecule has 0 spiro atoms. The number of alkyl halides is 6. The van der Waals surface area contributed by atoms with Gasteiger partial charge in [0.25, 0.3) is 11.6 Å². The van der Waals surface area contributed by atoms with Gasteiger partial charge in [0.1, 0.15) is 5.69 Å². The summed E-state index contributed by atoms with van der Waals surface area (Å²) < 4.78 is 37.3. The van der Waals surface area contributed by atoms with Crippen molar-refractivity contribution in [3.8, 4) is 0 Å². The van der Waals surface area contributed by atoms with E-state index in [0.717, 1.165) is 31.3 Å². The topological polar surface area (TPSA) is 108 Å². The predicted octanol–water partition coefficient (Wildman–Crippen LogP) is 5.22. The molecule has 1 unspecified atom stereocenters. The fourth-order valence-corrected chi connectivity index (χ4v) is 3.26. The Hall–Kier alpha value is -3.09. The predicted molar refractivity (Wildman–Crippen MR) is 120 cm³/mol. The van der Waals surface area contributed by atoms with E-state index in [1.54, 1.807) is 0 Å². The zero-order valence-corrected chi connectivity index (χ0v) is 19.2. The van der Waals surface area contributed by atoms with Crippen LogP contribution >= 0.6 is 34.8 Å². The maximum absolute atomic E-state index is 13.2. The molecule has 2 aromatic rings. The summed E-state index contributed by atoms with van der Waals surface area (Å²) in [5, 5.41) is 13.9. The number of nitro benzene ring substituents is 1. The number of amides is 3. The molecule has 34 heavy (non-hydrogen) atoms. The zero-order valence-electron chi connectivity index (χ0n) is 16.9. The number of likely N-dealkylation sites (N-methyl/N-ethyl adjacent to an activating group) is 1. The van der Waals surface area contributed by atoms with Crippen LogP contribution in [0.25, 0.3) is 0 Å². The zero-order chi connectivity index (χ0) is 25.4. The first-order valence-electron chi connectivity index (χ1n) is 9.15. The van der Waals surface area contributed by atoms with Crippen LogP contribution in [-0.4, -0.2) is 44.6 Å². The molecule has 1 aliphatic rings. The fourth-order valence-electron chi connectivity index (χ4n) is 2.95. The van der Waals surface area contributed by atoms with Crippen LogP contribution in [0.5, 0.6) is 0 Å². The molecule has 3 amide bonds. The number of para-hydroxylation sites is 2. The van der Waals surface area contributed by atoms with Gasteiger partial charge in [-0.2, -0.15) is 13.2 Å². The third-order valence-corrected chi connectivity index (χ3v) is 5.19. The first kappa shape index (κ1) is 25.5. The molecule has 1 aliphatic heterocycles. The Balaban J connectivity index is 2.11. The number of rotatable bonds is 5. The first-order chi connectivity index (χ1) is 15.7. The molecule has 0 saturated carbocycles. The highest BCUT2D eigenvalue weighted by molar-refractivity contribution is 6.68. The molecule has 2 aromatic carbocycles. The number of amidine groups is 1. The Morgan fingerprint density at radius 1 is 1.09 bits per heavy atom. The second kappa shape index (κ2) is 9.28. The summed E-state index contributed by atoms with van der Waals surface area (Å²) in [6.07, 6.45) is -6.38. The number of carbonyl (C=O) groups excluding carboxylic acids is 2. The third-order valence-electron chi connectivity index (χ3n) is 4.57. The van der Waals surface area contributed by atoms with E-state index in [1.165, 1.54) is 18.2 Å². The van der Waals surface area contributed by atoms with Gasteiger partial charge < -0.3 is 5.32 Å². The Morgan fingerprint density at radius 3 is 2.32 bits per heavy atom. The van der Waals surface area contributed by atoms with Crippen LogP contribution in [0, 0.1) is 10.1 Å². The number of anilines is 2. The SMILES string of the molecule is CN1C(=O)C(=NC(Nc2ccccc2[N+](=O)[O-])C(Cl)(Cl)Cl)N(c2cccc(C(F)(F)F)c2)C1=O. The minimum absolute atomic E-state index is 0.121. The molecule has 3 rings (SSSR count). The number of nitrogens with one attached hydrogen (secondary N) is 1. The maximum Gasteiger partial charge on any atom is 0.416 e. The summed E-state index contributed by atoms with van der Waals surface area (Å²) in [5.41, 5.74) is -1.91. The molecule has 0 radical (unpaired) electrons. The van der Waals surface area contributed by atoms with Gasteiger partial charge in [-0.1, -0.05) is 53.0 Å². The average molecular weight is 539 g/mol. The lowest BCUT2D eigenvalue weighted by Gasteiger charge is -2.24. The molecule has 1 heterocycles. The van der Waals surface area contributed by atoms with Crippen molar-refractivity contribution in [1.29, 1.82) is 0 Å². The quantitative estimate of drug-likeness (QED) is 0.243. The number of halogens is 6. The van der Waals surface area contributed by atoms with Gasteiger partial charge in [-0.3, -0.25) is 19.8 Å². The van der Waals surface area contributed by atoms with Crippen LogP contribution in [0.3, 0.4) is 0 Å². The summed E-state index contributed by atoms with van der Waals surface area (Å²) >= 11 is 17.9. The van der Waals surface area contributed by atoms with Gasteiger partial charge in [-0.05, 0) is 24.3 Å². The summed E-state index contributed by atoms with van der Waals surface area (Å²) in [6, 6.07) is 7.94. The molecule has 9 nitrogen and oxygen atoms in total. The summed E-state index contributed by atoms with van der Waals surface area (Å²) in [4.78, 5) is 41.2. The van der Waals surface area contributed by atoms with E-state index in [4.69, 9.17) is 34.8 Å². The molecular formula is C19H13Cl3F3N5O4. The molecule has 1 saturated heterocycles. The highest BCUT2D eigenvalue weighted by Crippen LogP contribution is 2.37. The Morgan fingerprint density at radius 2 is 1.74 bits per heavy atom. The van der Waals surface area contributed by atoms with Gasteiger partial charge >= 0.3 is 12.2 Å². The van der Waals surface area contributed by atoms with Crippen LogP contribution in [0.1, 0.15) is 5.56 Å². The minimum Gasteiger partial charge on any atom is -0.355 e. The van der Waals surface area contributed by atoms with Gasteiger partial charge in [0.05, 0.1) is 16.2 Å². The van der Waals surface area contributed by atoms with E-state index in [1.807, 2.05) is 0 Å². The summed E-state index contributed by atoms with van der Waals surface area (Å²) in [6.45, 7) is 0. The van der Waals surface area contributed by atoms with Crippen molar-refractivity contribution in [3.05, 3.63) is 64.2 Å². The molecule has 0 aromatic heterocycles. The van der Waals surface area contributed by atoms with E-state index < -0.39 is 50.1 Å². The van der Waals surface area contributed by atoms with E-state index in [2.05, 4.69) is 10.3 Å². The largest absolute Gasteiger partial charge is 0.416 e. The number of hydrogen-bond donors (Lipinski definition) is 1. The highest BCUT2D eigenvalue weighted by atomic mass is 35.6. The van der Waals surface area contributed by atoms with E-state index in [0.29, 0.717) is 15.9 Å². The van der Waals surface area contributed by atoms with E-state index in [9.17, 15) is 32.9 Å². The second-order valence-electron chi connectivity index (χ2n) is 6.85. The number of hydrogen-bond acceptors (Lipinski definition) is 6. The van der Waals surface area contributed by atoms with Crippen LogP contribution in [-0.2, 0) is 11.0 Å². The minimum atomic E-state index is -4.72. The number of aliphatic imine (C=N–C) groups is 1.